The summed E-state index contributed by atoms with van der Waals surface area (Å²) in [4.78, 5) is 37.7. The highest BCUT2D eigenvalue weighted by Crippen LogP contribution is 2.12. The van der Waals surface area contributed by atoms with E-state index in [0.29, 0.717) is 12.1 Å². The summed E-state index contributed by atoms with van der Waals surface area (Å²) in [5.41, 5.74) is 2.28. The van der Waals surface area contributed by atoms with Gasteiger partial charge in [0, 0.05) is 12.1 Å². The van der Waals surface area contributed by atoms with Gasteiger partial charge in [-0.05, 0) is 36.1 Å². The fourth-order valence-electron chi connectivity index (χ4n) is 2.53. The first-order chi connectivity index (χ1) is 13.9. The number of benzene rings is 2. The zero-order valence-electron chi connectivity index (χ0n) is 15.7. The average Bonchev–Trinajstić information content (AvgIpc) is 2.70. The Morgan fingerprint density at radius 2 is 1.72 bits per heavy atom. The van der Waals surface area contributed by atoms with Gasteiger partial charge in [-0.1, -0.05) is 42.5 Å². The zero-order chi connectivity index (χ0) is 21.1. The van der Waals surface area contributed by atoms with E-state index >= 15 is 0 Å². The minimum absolute atomic E-state index is 0.0247. The summed E-state index contributed by atoms with van der Waals surface area (Å²) in [6.45, 7) is 0.0391. The van der Waals surface area contributed by atoms with Crippen LogP contribution in [0.3, 0.4) is 0 Å². The molecular formula is C20H22N2O7. The second-order valence-corrected chi connectivity index (χ2v) is 6.22. The van der Waals surface area contributed by atoms with E-state index in [1.54, 1.807) is 48.5 Å². The van der Waals surface area contributed by atoms with Gasteiger partial charge in [0.1, 0.15) is 19.3 Å². The molecule has 2 rings (SSSR count). The van der Waals surface area contributed by atoms with Crippen LogP contribution < -0.4 is 5.32 Å². The number of nitrogens with zero attached hydrogens (tertiary/aromatic N) is 1. The van der Waals surface area contributed by atoms with Gasteiger partial charge in [0.05, 0.1) is 0 Å². The largest absolute Gasteiger partial charge is 0.480 e. The van der Waals surface area contributed by atoms with Crippen LogP contribution in [0.15, 0.2) is 54.6 Å². The Hall–Kier alpha value is -3.62. The Morgan fingerprint density at radius 3 is 2.34 bits per heavy atom. The number of hydrogen-bond donors (Lipinski definition) is 2. The number of carboxylic acid groups (broad SMARTS) is 1. The lowest BCUT2D eigenvalue weighted by Crippen LogP contribution is -2.30. The third-order valence-corrected chi connectivity index (χ3v) is 4.06. The number of carboxylic acids is 1. The van der Waals surface area contributed by atoms with Gasteiger partial charge in [0.25, 0.3) is 5.09 Å². The molecule has 0 unspecified atom stereocenters. The van der Waals surface area contributed by atoms with E-state index in [9.17, 15) is 24.8 Å². The number of ether oxygens (including phenoxy) is 1. The molecule has 2 N–H and O–H groups in total. The van der Waals surface area contributed by atoms with E-state index in [-0.39, 0.29) is 26.1 Å². The van der Waals surface area contributed by atoms with Crippen LogP contribution in [0, 0.1) is 10.1 Å². The minimum atomic E-state index is -1.04. The van der Waals surface area contributed by atoms with Crippen molar-refractivity contribution in [1.29, 1.82) is 0 Å². The van der Waals surface area contributed by atoms with Gasteiger partial charge in [0.2, 0.25) is 0 Å². The highest BCUT2D eigenvalue weighted by atomic mass is 16.9. The molecule has 9 heteroatoms. The predicted molar refractivity (Wildman–Crippen MR) is 104 cm³/mol. The van der Waals surface area contributed by atoms with Gasteiger partial charge >= 0.3 is 11.9 Å². The molecule has 1 atom stereocenters. The monoisotopic (exact) mass is 402 g/mol. The summed E-state index contributed by atoms with van der Waals surface area (Å²) in [5, 5.41) is 21.5. The molecule has 0 amide bonds. The lowest BCUT2D eigenvalue weighted by atomic mass is 10.1. The molecule has 0 aliphatic rings. The first kappa shape index (κ1) is 21.7. The lowest BCUT2D eigenvalue weighted by Gasteiger charge is -2.15. The molecule has 0 saturated carbocycles. The van der Waals surface area contributed by atoms with E-state index in [0.717, 1.165) is 11.1 Å². The first-order valence-corrected chi connectivity index (χ1v) is 8.99. The van der Waals surface area contributed by atoms with Crippen LogP contribution in [-0.2, 0) is 32.2 Å². The molecule has 2 aromatic rings. The number of aliphatic carboxylic acids is 1. The van der Waals surface area contributed by atoms with Crippen molar-refractivity contribution in [3.05, 3.63) is 75.8 Å². The predicted octanol–water partition coefficient (Wildman–Crippen LogP) is 2.83. The number of para-hydroxylation sites is 1. The molecule has 0 fully saturated rings. The highest BCUT2D eigenvalue weighted by molar-refractivity contribution is 5.78. The van der Waals surface area contributed by atoms with E-state index in [1.165, 1.54) is 0 Å². The van der Waals surface area contributed by atoms with Crippen LogP contribution in [0.1, 0.15) is 24.0 Å². The number of carbonyl (C=O) groups excluding carboxylic acids is 1. The Bertz CT molecular complexity index is 809. The van der Waals surface area contributed by atoms with Crippen LogP contribution in [-0.4, -0.2) is 34.8 Å². The quantitative estimate of drug-likeness (QED) is 0.315. The average molecular weight is 402 g/mol. The molecule has 0 aliphatic carbocycles. The zero-order valence-corrected chi connectivity index (χ0v) is 15.7. The number of carbonyl (C=O) groups is 2. The fourth-order valence-corrected chi connectivity index (χ4v) is 2.53. The van der Waals surface area contributed by atoms with Gasteiger partial charge in [-0.3, -0.25) is 4.79 Å². The molecule has 9 nitrogen and oxygen atoms in total. The highest BCUT2D eigenvalue weighted by Gasteiger charge is 2.19. The Morgan fingerprint density at radius 1 is 1.07 bits per heavy atom. The first-order valence-electron chi connectivity index (χ1n) is 8.99. The molecule has 0 saturated heterocycles. The molecule has 0 aliphatic heterocycles. The molecule has 0 spiro atoms. The van der Waals surface area contributed by atoms with Gasteiger partial charge in [-0.15, -0.1) is 10.1 Å². The van der Waals surface area contributed by atoms with Crippen LogP contribution >= 0.6 is 0 Å². The van der Waals surface area contributed by atoms with Crippen molar-refractivity contribution in [2.45, 2.75) is 31.9 Å². The topological polar surface area (TPSA) is 128 Å². The number of esters is 1. The second-order valence-electron chi connectivity index (χ2n) is 6.22. The van der Waals surface area contributed by atoms with Crippen LogP contribution in [0.25, 0.3) is 0 Å². The molecular weight excluding hydrogens is 380 g/mol. The van der Waals surface area contributed by atoms with E-state index < -0.39 is 23.1 Å². The number of rotatable bonds is 12. The molecule has 154 valence electrons. The summed E-state index contributed by atoms with van der Waals surface area (Å²) in [6.07, 6.45) is 0.456. The van der Waals surface area contributed by atoms with Crippen molar-refractivity contribution in [3.63, 3.8) is 0 Å². The lowest BCUT2D eigenvalue weighted by molar-refractivity contribution is -0.757. The van der Waals surface area contributed by atoms with Crippen LogP contribution in [0.4, 0.5) is 5.69 Å². The van der Waals surface area contributed by atoms with Crippen molar-refractivity contribution in [2.75, 3.05) is 11.9 Å². The van der Waals surface area contributed by atoms with Crippen LogP contribution in [0.2, 0.25) is 0 Å². The third kappa shape index (κ3) is 8.29. The van der Waals surface area contributed by atoms with Crippen molar-refractivity contribution < 1.29 is 29.4 Å². The molecule has 0 bridgehead atoms. The SMILES string of the molecule is O=C(CC[C@H](Nc1ccccc1)C(=O)O)OCc1ccc(CCO[N+](=O)[O-])cc1. The molecule has 29 heavy (non-hydrogen) atoms. The Kier molecular flexibility index (Phi) is 8.43. The van der Waals surface area contributed by atoms with Crippen molar-refractivity contribution in [1.82, 2.24) is 0 Å². The number of hydrogen-bond acceptors (Lipinski definition) is 7. The third-order valence-electron chi connectivity index (χ3n) is 4.06. The summed E-state index contributed by atoms with van der Waals surface area (Å²) in [6, 6.07) is 15.1. The Balaban J connectivity index is 1.74. The van der Waals surface area contributed by atoms with Crippen molar-refractivity contribution >= 4 is 17.6 Å². The van der Waals surface area contributed by atoms with Crippen molar-refractivity contribution in [2.24, 2.45) is 0 Å². The summed E-state index contributed by atoms with van der Waals surface area (Å²) >= 11 is 0. The van der Waals surface area contributed by atoms with Gasteiger partial charge in [0.15, 0.2) is 0 Å². The molecule has 2 aromatic carbocycles. The van der Waals surface area contributed by atoms with Crippen LogP contribution in [0.5, 0.6) is 0 Å². The summed E-state index contributed by atoms with van der Waals surface area (Å²) in [5.74, 6) is -1.53. The molecule has 0 aromatic heterocycles. The van der Waals surface area contributed by atoms with Gasteiger partial charge in [-0.25, -0.2) is 4.79 Å². The van der Waals surface area contributed by atoms with Gasteiger partial charge in [-0.2, -0.15) is 0 Å². The summed E-state index contributed by atoms with van der Waals surface area (Å²) in [7, 11) is 0. The maximum absolute atomic E-state index is 11.9. The van der Waals surface area contributed by atoms with E-state index in [1.807, 2.05) is 6.07 Å². The standard InChI is InChI=1S/C20H22N2O7/c23-19(11-10-18(20(24)25)21-17-4-2-1-3-5-17)28-14-16-8-6-15(7-9-16)12-13-29-22(26)27/h1-9,18,21H,10-14H2,(H,24,25)/t18-/m0/s1. The van der Waals surface area contributed by atoms with Gasteiger partial charge < -0.3 is 20.0 Å². The van der Waals surface area contributed by atoms with Crippen molar-refractivity contribution in [3.8, 4) is 0 Å². The minimum Gasteiger partial charge on any atom is -0.480 e. The maximum Gasteiger partial charge on any atom is 0.326 e. The fraction of sp³-hybridized carbons (Fsp3) is 0.300. The Labute approximate surface area is 167 Å². The molecule has 0 heterocycles. The maximum atomic E-state index is 11.9. The molecule has 0 radical (unpaired) electrons. The summed E-state index contributed by atoms with van der Waals surface area (Å²) < 4.78 is 5.19. The number of nitrogens with one attached hydrogen (secondary N) is 1. The van der Waals surface area contributed by atoms with E-state index in [4.69, 9.17) is 4.74 Å². The normalized spacial score (nSPS) is 11.3. The second kappa shape index (κ2) is 11.3. The number of anilines is 1. The smallest absolute Gasteiger partial charge is 0.326 e. The van der Waals surface area contributed by atoms with E-state index in [2.05, 4.69) is 10.2 Å².